The minimum atomic E-state index is -0.577. The minimum absolute atomic E-state index is 0.0391. The molecule has 2 N–H and O–H groups in total. The van der Waals surface area contributed by atoms with Gasteiger partial charge in [-0.3, -0.25) is 9.59 Å². The van der Waals surface area contributed by atoms with Crippen molar-refractivity contribution in [3.05, 3.63) is 94.6 Å². The van der Waals surface area contributed by atoms with Crippen LogP contribution in [0.15, 0.2) is 60.7 Å². The van der Waals surface area contributed by atoms with E-state index in [1.54, 1.807) is 36.9 Å². The molecule has 39 heavy (non-hydrogen) atoms. The number of benzene rings is 3. The van der Waals surface area contributed by atoms with Crippen molar-refractivity contribution in [3.8, 4) is 0 Å². The standard InChI is InChI=1S/C32H35F2N3O2/c1-20-7-5-11-28(34)29(20)32(39)37-18-6-10-26(31(38)36-25-16-17-27(33)21(2)19-25)30(37)22-12-14-24(15-13-22)35-23-8-3-4-9-23/h5,7,11-17,19,23,26,30,35H,3-4,6,8-10,18H2,1-2H3,(H,36,38)/t26-,30-/m0/s1. The van der Waals surface area contributed by atoms with Crippen LogP contribution >= 0.6 is 0 Å². The summed E-state index contributed by atoms with van der Waals surface area (Å²) in [5, 5.41) is 6.51. The smallest absolute Gasteiger partial charge is 0.257 e. The van der Waals surface area contributed by atoms with Crippen LogP contribution in [0.5, 0.6) is 0 Å². The number of nitrogens with zero attached hydrogens (tertiary/aromatic N) is 1. The number of nitrogens with one attached hydrogen (secondary N) is 2. The summed E-state index contributed by atoms with van der Waals surface area (Å²) in [6.45, 7) is 3.78. The molecule has 1 saturated heterocycles. The predicted molar refractivity (Wildman–Crippen MR) is 150 cm³/mol. The molecule has 1 aliphatic carbocycles. The Bertz CT molecular complexity index is 1330. The Kier molecular flexibility index (Phi) is 7.96. The van der Waals surface area contributed by atoms with Crippen LogP contribution in [0, 0.1) is 31.4 Å². The number of rotatable bonds is 6. The molecular formula is C32H35F2N3O2. The number of halogens is 2. The van der Waals surface area contributed by atoms with Gasteiger partial charge in [0.05, 0.1) is 17.5 Å². The number of aryl methyl sites for hydroxylation is 2. The van der Waals surface area contributed by atoms with Crippen LogP contribution in [0.25, 0.3) is 0 Å². The number of anilines is 2. The molecule has 204 valence electrons. The number of carbonyl (C=O) groups excluding carboxylic acids is 2. The van der Waals surface area contributed by atoms with Crippen molar-refractivity contribution in [2.24, 2.45) is 5.92 Å². The van der Waals surface area contributed by atoms with E-state index in [4.69, 9.17) is 0 Å². The fourth-order valence-corrected chi connectivity index (χ4v) is 6.00. The molecule has 2 fully saturated rings. The number of piperidine rings is 1. The number of amides is 2. The summed E-state index contributed by atoms with van der Waals surface area (Å²) in [6, 6.07) is 16.9. The third-order valence-electron chi connectivity index (χ3n) is 8.07. The van der Waals surface area contributed by atoms with Crippen LogP contribution in [-0.2, 0) is 4.79 Å². The number of hydrogen-bond acceptors (Lipinski definition) is 3. The Morgan fingerprint density at radius 1 is 0.821 bits per heavy atom. The average molecular weight is 532 g/mol. The van der Waals surface area contributed by atoms with E-state index in [0.29, 0.717) is 42.2 Å². The van der Waals surface area contributed by atoms with E-state index in [0.717, 1.165) is 24.1 Å². The summed E-state index contributed by atoms with van der Waals surface area (Å²) in [5.74, 6) is -2.13. The number of carbonyl (C=O) groups is 2. The second kappa shape index (κ2) is 11.6. The van der Waals surface area contributed by atoms with Crippen LogP contribution in [-0.4, -0.2) is 29.3 Å². The van der Waals surface area contributed by atoms with Crippen molar-refractivity contribution < 1.29 is 18.4 Å². The van der Waals surface area contributed by atoms with Crippen LogP contribution in [0.3, 0.4) is 0 Å². The fraction of sp³-hybridized carbons (Fsp3) is 0.375. The highest BCUT2D eigenvalue weighted by atomic mass is 19.1. The van der Waals surface area contributed by atoms with Gasteiger partial charge in [-0.15, -0.1) is 0 Å². The van der Waals surface area contributed by atoms with Gasteiger partial charge >= 0.3 is 0 Å². The number of likely N-dealkylation sites (tertiary alicyclic amines) is 1. The zero-order chi connectivity index (χ0) is 27.5. The lowest BCUT2D eigenvalue weighted by Crippen LogP contribution is -2.46. The molecule has 0 spiro atoms. The largest absolute Gasteiger partial charge is 0.382 e. The van der Waals surface area contributed by atoms with Crippen molar-refractivity contribution in [1.29, 1.82) is 0 Å². The Balaban J connectivity index is 1.47. The normalized spacial score (nSPS) is 19.6. The molecule has 2 aliphatic rings. The summed E-state index contributed by atoms with van der Waals surface area (Å²) in [7, 11) is 0. The number of hydrogen-bond donors (Lipinski definition) is 2. The first kappa shape index (κ1) is 26.9. The van der Waals surface area contributed by atoms with Gasteiger partial charge in [0.15, 0.2) is 0 Å². The summed E-state index contributed by atoms with van der Waals surface area (Å²) in [5.41, 5.74) is 3.37. The maximum absolute atomic E-state index is 14.9. The van der Waals surface area contributed by atoms with Crippen molar-refractivity contribution in [2.45, 2.75) is 64.5 Å². The molecule has 2 atom stereocenters. The third-order valence-corrected chi connectivity index (χ3v) is 8.07. The summed E-state index contributed by atoms with van der Waals surface area (Å²) in [6.07, 6.45) is 5.94. The van der Waals surface area contributed by atoms with Gasteiger partial charge in [0.1, 0.15) is 11.6 Å². The molecule has 1 heterocycles. The zero-order valence-electron chi connectivity index (χ0n) is 22.5. The van der Waals surface area contributed by atoms with Crippen LogP contribution in [0.4, 0.5) is 20.2 Å². The first-order valence-electron chi connectivity index (χ1n) is 13.8. The molecule has 3 aromatic rings. The highest BCUT2D eigenvalue weighted by molar-refractivity contribution is 5.98. The van der Waals surface area contributed by atoms with E-state index in [2.05, 4.69) is 10.6 Å². The lowest BCUT2D eigenvalue weighted by molar-refractivity contribution is -0.123. The molecular weight excluding hydrogens is 496 g/mol. The average Bonchev–Trinajstić information content (AvgIpc) is 3.44. The Morgan fingerprint density at radius 3 is 2.23 bits per heavy atom. The zero-order valence-corrected chi connectivity index (χ0v) is 22.5. The lowest BCUT2D eigenvalue weighted by Gasteiger charge is -2.41. The molecule has 7 heteroatoms. The van der Waals surface area contributed by atoms with E-state index in [9.17, 15) is 18.4 Å². The molecule has 5 rings (SSSR count). The second-order valence-electron chi connectivity index (χ2n) is 10.8. The van der Waals surface area contributed by atoms with Crippen molar-refractivity contribution >= 4 is 23.2 Å². The van der Waals surface area contributed by atoms with Gasteiger partial charge < -0.3 is 15.5 Å². The van der Waals surface area contributed by atoms with Crippen molar-refractivity contribution in [3.63, 3.8) is 0 Å². The van der Waals surface area contributed by atoms with Gasteiger partial charge in [-0.1, -0.05) is 37.1 Å². The Labute approximate surface area is 228 Å². The summed E-state index contributed by atoms with van der Waals surface area (Å²) >= 11 is 0. The Hall–Kier alpha value is -3.74. The van der Waals surface area contributed by atoms with Crippen LogP contribution in [0.1, 0.15) is 71.6 Å². The van der Waals surface area contributed by atoms with Gasteiger partial charge in [-0.05, 0) is 92.6 Å². The Morgan fingerprint density at radius 2 is 1.54 bits per heavy atom. The van der Waals surface area contributed by atoms with Crippen molar-refractivity contribution in [2.75, 3.05) is 17.2 Å². The molecule has 1 saturated carbocycles. The first-order valence-corrected chi connectivity index (χ1v) is 13.8. The molecule has 0 unspecified atom stereocenters. The second-order valence-corrected chi connectivity index (χ2v) is 10.8. The van der Waals surface area contributed by atoms with Gasteiger partial charge in [0, 0.05) is 24.0 Å². The maximum Gasteiger partial charge on any atom is 0.257 e. The first-order chi connectivity index (χ1) is 18.8. The van der Waals surface area contributed by atoms with E-state index >= 15 is 0 Å². The molecule has 1 aliphatic heterocycles. The summed E-state index contributed by atoms with van der Waals surface area (Å²) < 4.78 is 28.7. The maximum atomic E-state index is 14.9. The fourth-order valence-electron chi connectivity index (χ4n) is 6.00. The highest BCUT2D eigenvalue weighted by Crippen LogP contribution is 2.39. The third kappa shape index (κ3) is 5.82. The van der Waals surface area contributed by atoms with E-state index < -0.39 is 23.7 Å². The quantitative estimate of drug-likeness (QED) is 0.355. The van der Waals surface area contributed by atoms with Crippen LogP contribution < -0.4 is 10.6 Å². The van der Waals surface area contributed by atoms with Crippen LogP contribution in [0.2, 0.25) is 0 Å². The summed E-state index contributed by atoms with van der Waals surface area (Å²) in [4.78, 5) is 29.1. The van der Waals surface area contributed by atoms with E-state index in [1.165, 1.54) is 31.0 Å². The van der Waals surface area contributed by atoms with Crippen molar-refractivity contribution in [1.82, 2.24) is 4.90 Å². The predicted octanol–water partition coefficient (Wildman–Crippen LogP) is 7.17. The molecule has 0 bridgehead atoms. The lowest BCUT2D eigenvalue weighted by atomic mass is 9.83. The van der Waals surface area contributed by atoms with E-state index in [1.807, 2.05) is 24.3 Å². The SMILES string of the molecule is Cc1cc(NC(=O)[C@H]2CCCN(C(=O)c3c(C)cccc3F)[C@H]2c2ccc(NC3CCCC3)cc2)ccc1F. The van der Waals surface area contributed by atoms with Gasteiger partial charge in [0.25, 0.3) is 5.91 Å². The minimum Gasteiger partial charge on any atom is -0.382 e. The van der Waals surface area contributed by atoms with Gasteiger partial charge in [-0.25, -0.2) is 8.78 Å². The molecule has 2 amide bonds. The molecule has 3 aromatic carbocycles. The molecule has 5 nitrogen and oxygen atoms in total. The molecule has 0 radical (unpaired) electrons. The monoisotopic (exact) mass is 531 g/mol. The molecule has 0 aromatic heterocycles. The topological polar surface area (TPSA) is 61.4 Å². The highest BCUT2D eigenvalue weighted by Gasteiger charge is 2.40. The van der Waals surface area contributed by atoms with E-state index in [-0.39, 0.29) is 17.3 Å². The van der Waals surface area contributed by atoms with Gasteiger partial charge in [0.2, 0.25) is 5.91 Å². The van der Waals surface area contributed by atoms with Gasteiger partial charge in [-0.2, -0.15) is 0 Å².